The minimum Gasteiger partial charge on any atom is -0.322 e. The topological polar surface area (TPSA) is 66.5 Å². The molecule has 3 amide bonds. The molecule has 1 fully saturated rings. The first-order chi connectivity index (χ1) is 28.0. The van der Waals surface area contributed by atoms with Crippen molar-refractivity contribution >= 4 is 39.9 Å². The van der Waals surface area contributed by atoms with Crippen molar-refractivity contribution in [2.75, 3.05) is 10.2 Å². The number of carbonyl (C=O) groups is 3. The quantitative estimate of drug-likeness (QED) is 0.118. The van der Waals surface area contributed by atoms with Crippen molar-refractivity contribution in [2.45, 2.75) is 97.3 Å². The lowest BCUT2D eigenvalue weighted by molar-refractivity contribution is 0.0925. The smallest absolute Gasteiger partial charge is 0.266 e. The van der Waals surface area contributed by atoms with Gasteiger partial charge < -0.3 is 5.32 Å². The van der Waals surface area contributed by atoms with Crippen molar-refractivity contribution in [1.82, 2.24) is 0 Å². The summed E-state index contributed by atoms with van der Waals surface area (Å²) >= 11 is 0. The number of hydrogen-bond donors (Lipinski definition) is 1. The van der Waals surface area contributed by atoms with Gasteiger partial charge in [0.05, 0.1) is 16.8 Å². The highest BCUT2D eigenvalue weighted by atomic mass is 16.2. The molecular weight excluding hydrogens is 713 g/mol. The van der Waals surface area contributed by atoms with Crippen molar-refractivity contribution in [1.29, 1.82) is 0 Å². The molecule has 1 saturated carbocycles. The normalized spacial score (nSPS) is 18.0. The Morgan fingerprint density at radius 2 is 1.28 bits per heavy atom. The van der Waals surface area contributed by atoms with Gasteiger partial charge in [0.1, 0.15) is 0 Å². The molecule has 0 radical (unpaired) electrons. The van der Waals surface area contributed by atoms with Gasteiger partial charge in [-0.15, -0.1) is 0 Å². The molecule has 58 heavy (non-hydrogen) atoms. The van der Waals surface area contributed by atoms with E-state index in [9.17, 15) is 14.4 Å². The molecule has 1 aliphatic heterocycles. The molecule has 5 heteroatoms. The monoisotopic (exact) mass is 764 g/mol. The second-order valence-corrected chi connectivity index (χ2v) is 17.5. The Hall–Kier alpha value is -5.81. The summed E-state index contributed by atoms with van der Waals surface area (Å²) in [6.45, 7) is 10.8. The van der Waals surface area contributed by atoms with Gasteiger partial charge in [0, 0.05) is 22.2 Å². The van der Waals surface area contributed by atoms with E-state index in [4.69, 9.17) is 0 Å². The van der Waals surface area contributed by atoms with Gasteiger partial charge in [0.2, 0.25) is 0 Å². The van der Waals surface area contributed by atoms with Gasteiger partial charge >= 0.3 is 0 Å². The highest BCUT2D eigenvalue weighted by Gasteiger charge is 2.47. The Kier molecular flexibility index (Phi) is 9.66. The molecule has 0 atom stereocenters. The van der Waals surface area contributed by atoms with E-state index in [0.717, 1.165) is 55.8 Å². The third-order valence-corrected chi connectivity index (χ3v) is 13.5. The Balaban J connectivity index is 0.896. The lowest BCUT2D eigenvalue weighted by Crippen LogP contribution is -2.29. The molecule has 6 aromatic rings. The second-order valence-electron chi connectivity index (χ2n) is 17.5. The van der Waals surface area contributed by atoms with Crippen LogP contribution in [0.15, 0.2) is 109 Å². The first kappa shape index (κ1) is 37.7. The number of carbonyl (C=O) groups excluding carboxylic acids is 3. The molecule has 9 rings (SSSR count). The summed E-state index contributed by atoms with van der Waals surface area (Å²) in [5.41, 5.74) is 12.1. The van der Waals surface area contributed by atoms with Crippen LogP contribution in [0.1, 0.15) is 137 Å². The number of amides is 3. The molecule has 0 aromatic heterocycles. The number of imide groups is 1. The summed E-state index contributed by atoms with van der Waals surface area (Å²) in [6, 6.07) is 36.3. The van der Waals surface area contributed by atoms with Crippen LogP contribution in [-0.4, -0.2) is 17.7 Å². The van der Waals surface area contributed by atoms with Crippen LogP contribution < -0.4 is 10.2 Å². The van der Waals surface area contributed by atoms with Crippen LogP contribution in [0.3, 0.4) is 0 Å². The van der Waals surface area contributed by atoms with Gasteiger partial charge in [-0.2, -0.15) is 0 Å². The number of nitrogens with zero attached hydrogens (tertiary/aromatic N) is 1. The standard InChI is InChI=1S/C53H52N2O3/c1-6-7-8-11-34-14-16-35(17-15-34)36-18-20-39(21-19-36)50(56)54-40-26-22-37(23-27-40)38-24-28-41(29-25-38)55-51(57)46-33(3)31-45-48(49(46)52(55)58)47-43-13-10-9-12-42(43)32(2)30-44(47)53(45,4)5/h9-10,12-13,18-31,34-35H,6-8,11,14-17H2,1-5H3,(H,54,56). The molecule has 0 saturated heterocycles. The van der Waals surface area contributed by atoms with Gasteiger partial charge in [-0.05, 0) is 143 Å². The fraction of sp³-hybridized carbons (Fsp3) is 0.302. The summed E-state index contributed by atoms with van der Waals surface area (Å²) in [5.74, 6) is 0.782. The van der Waals surface area contributed by atoms with E-state index in [-0.39, 0.29) is 23.1 Å². The minimum absolute atomic E-state index is 0.125. The van der Waals surface area contributed by atoms with Gasteiger partial charge in [0.25, 0.3) is 17.7 Å². The van der Waals surface area contributed by atoms with Crippen LogP contribution in [-0.2, 0) is 5.41 Å². The number of nitrogens with one attached hydrogen (secondary N) is 1. The Bertz CT molecular complexity index is 2590. The van der Waals surface area contributed by atoms with Crippen LogP contribution in [0.4, 0.5) is 11.4 Å². The van der Waals surface area contributed by atoms with E-state index < -0.39 is 0 Å². The number of anilines is 2. The molecule has 0 unspecified atom stereocenters. The van der Waals surface area contributed by atoms with E-state index in [1.165, 1.54) is 73.0 Å². The molecule has 6 aromatic carbocycles. The number of benzene rings is 6. The maximum absolute atomic E-state index is 14.5. The first-order valence-electron chi connectivity index (χ1n) is 21.3. The van der Waals surface area contributed by atoms with Crippen LogP contribution in [0.5, 0.6) is 0 Å². The highest BCUT2D eigenvalue weighted by Crippen LogP contribution is 2.55. The second kappa shape index (κ2) is 14.8. The molecule has 292 valence electrons. The predicted octanol–water partition coefficient (Wildman–Crippen LogP) is 13.3. The molecular formula is C53H52N2O3. The summed E-state index contributed by atoms with van der Waals surface area (Å²) in [5, 5.41) is 5.32. The number of unbranched alkanes of at least 4 members (excludes halogenated alkanes) is 2. The van der Waals surface area contributed by atoms with Gasteiger partial charge in [-0.1, -0.05) is 119 Å². The molecule has 0 bridgehead atoms. The lowest BCUT2D eigenvalue weighted by atomic mass is 9.77. The molecule has 0 spiro atoms. The third kappa shape index (κ3) is 6.36. The molecule has 3 aliphatic rings. The van der Waals surface area contributed by atoms with E-state index in [0.29, 0.717) is 28.3 Å². The minimum atomic E-state index is -0.326. The zero-order chi connectivity index (χ0) is 40.3. The fourth-order valence-corrected chi connectivity index (χ4v) is 10.2. The van der Waals surface area contributed by atoms with Crippen molar-refractivity contribution in [3.05, 3.63) is 154 Å². The summed E-state index contributed by atoms with van der Waals surface area (Å²) < 4.78 is 0. The average molecular weight is 765 g/mol. The van der Waals surface area contributed by atoms with Crippen molar-refractivity contribution < 1.29 is 14.4 Å². The van der Waals surface area contributed by atoms with E-state index in [2.05, 4.69) is 75.5 Å². The zero-order valence-corrected chi connectivity index (χ0v) is 34.4. The van der Waals surface area contributed by atoms with Crippen LogP contribution in [0, 0.1) is 19.8 Å². The molecule has 1 heterocycles. The summed E-state index contributed by atoms with van der Waals surface area (Å²) in [6.07, 6.45) is 10.5. The van der Waals surface area contributed by atoms with Crippen molar-refractivity contribution in [3.63, 3.8) is 0 Å². The Morgan fingerprint density at radius 1 is 0.672 bits per heavy atom. The summed E-state index contributed by atoms with van der Waals surface area (Å²) in [4.78, 5) is 43.3. The lowest BCUT2D eigenvalue weighted by Gasteiger charge is -2.29. The maximum Gasteiger partial charge on any atom is 0.266 e. The van der Waals surface area contributed by atoms with Crippen LogP contribution in [0.25, 0.3) is 33.0 Å². The SMILES string of the molecule is CCCCCC1CCC(c2ccc(C(=O)Nc3ccc(-c4ccc(N5C(=O)c6c(C)cc7c(c6C5=O)-c5c(cc(C)c6ccccc56)C7(C)C)cc4)cc3)cc2)CC1. The molecule has 2 aliphatic carbocycles. The number of aryl methyl sites for hydroxylation is 2. The van der Waals surface area contributed by atoms with E-state index in [1.54, 1.807) is 0 Å². The molecule has 1 N–H and O–H groups in total. The van der Waals surface area contributed by atoms with Crippen LogP contribution >= 0.6 is 0 Å². The van der Waals surface area contributed by atoms with E-state index in [1.807, 2.05) is 73.7 Å². The van der Waals surface area contributed by atoms with Gasteiger partial charge in [-0.3, -0.25) is 14.4 Å². The van der Waals surface area contributed by atoms with E-state index >= 15 is 0 Å². The largest absolute Gasteiger partial charge is 0.322 e. The van der Waals surface area contributed by atoms with Crippen LogP contribution in [0.2, 0.25) is 0 Å². The zero-order valence-electron chi connectivity index (χ0n) is 34.4. The maximum atomic E-state index is 14.5. The first-order valence-corrected chi connectivity index (χ1v) is 21.3. The van der Waals surface area contributed by atoms with Crippen molar-refractivity contribution in [3.8, 4) is 22.3 Å². The highest BCUT2D eigenvalue weighted by molar-refractivity contribution is 6.37. The van der Waals surface area contributed by atoms with Gasteiger partial charge in [-0.25, -0.2) is 4.90 Å². The predicted molar refractivity (Wildman–Crippen MR) is 237 cm³/mol. The third-order valence-electron chi connectivity index (χ3n) is 13.5. The average Bonchev–Trinajstić information content (AvgIpc) is 3.63. The summed E-state index contributed by atoms with van der Waals surface area (Å²) in [7, 11) is 0. The van der Waals surface area contributed by atoms with Gasteiger partial charge in [0.15, 0.2) is 0 Å². The Morgan fingerprint density at radius 3 is 1.95 bits per heavy atom. The Labute approximate surface area is 342 Å². The van der Waals surface area contributed by atoms with Crippen molar-refractivity contribution in [2.24, 2.45) is 5.92 Å². The number of hydrogen-bond acceptors (Lipinski definition) is 3. The fourth-order valence-electron chi connectivity index (χ4n) is 10.2. The number of rotatable bonds is 9. The number of fused-ring (bicyclic) bond motifs is 7. The molecule has 5 nitrogen and oxygen atoms in total.